The lowest BCUT2D eigenvalue weighted by Gasteiger charge is -2.03. The molecule has 0 saturated heterocycles. The second kappa shape index (κ2) is 9.01. The Morgan fingerprint density at radius 3 is 2.71 bits per heavy atom. The minimum Gasteiger partial charge on any atom is -0.497 e. The summed E-state index contributed by atoms with van der Waals surface area (Å²) in [7, 11) is 1.60. The number of thiazole rings is 1. The van der Waals surface area contributed by atoms with Crippen LogP contribution in [-0.4, -0.2) is 23.9 Å². The van der Waals surface area contributed by atoms with E-state index in [1.807, 2.05) is 41.8 Å². The predicted octanol–water partition coefficient (Wildman–Crippen LogP) is 4.38. The number of nitrogens with zero attached hydrogens (tertiary/aromatic N) is 1. The monoisotopic (exact) mass is 435 g/mol. The fraction of sp³-hybridized carbons (Fsp3) is 0.174. The molecule has 4 rings (SSSR count). The van der Waals surface area contributed by atoms with Crippen LogP contribution in [0.1, 0.15) is 18.1 Å². The fourth-order valence-corrected chi connectivity index (χ4v) is 3.88. The van der Waals surface area contributed by atoms with Crippen molar-refractivity contribution in [3.8, 4) is 17.0 Å². The number of carbonyl (C=O) groups is 2. The summed E-state index contributed by atoms with van der Waals surface area (Å²) in [5.41, 5.74) is 4.22. The van der Waals surface area contributed by atoms with Gasteiger partial charge in [0.05, 0.1) is 25.5 Å². The number of methoxy groups -OCH3 is 1. The number of anilines is 1. The summed E-state index contributed by atoms with van der Waals surface area (Å²) in [6, 6.07) is 13.3. The van der Waals surface area contributed by atoms with Gasteiger partial charge in [-0.25, -0.2) is 4.98 Å². The van der Waals surface area contributed by atoms with Gasteiger partial charge in [-0.1, -0.05) is 24.3 Å². The minimum absolute atomic E-state index is 0.0629. The number of ether oxygens (including phenoxy) is 1. The lowest BCUT2D eigenvalue weighted by atomic mass is 10.1. The Balaban J connectivity index is 1.39. The van der Waals surface area contributed by atoms with E-state index < -0.39 is 0 Å². The Morgan fingerprint density at radius 2 is 1.97 bits per heavy atom. The molecule has 0 saturated carbocycles. The molecule has 2 heterocycles. The number of nitrogens with one attached hydrogen (secondary N) is 2. The van der Waals surface area contributed by atoms with Crippen molar-refractivity contribution < 1.29 is 18.7 Å². The van der Waals surface area contributed by atoms with Crippen molar-refractivity contribution in [2.75, 3.05) is 12.4 Å². The van der Waals surface area contributed by atoms with Crippen LogP contribution in [0.3, 0.4) is 0 Å². The minimum atomic E-state index is -0.162. The number of hydrogen-bond acceptors (Lipinski definition) is 6. The number of aromatic nitrogens is 1. The van der Waals surface area contributed by atoms with Gasteiger partial charge in [-0.15, -0.1) is 11.3 Å². The molecule has 4 aromatic rings. The van der Waals surface area contributed by atoms with E-state index in [-0.39, 0.29) is 18.2 Å². The second-order valence-corrected chi connectivity index (χ2v) is 7.85. The largest absolute Gasteiger partial charge is 0.497 e. The maximum Gasteiger partial charge on any atom is 0.230 e. The van der Waals surface area contributed by atoms with Crippen LogP contribution >= 0.6 is 11.3 Å². The zero-order valence-corrected chi connectivity index (χ0v) is 17.9. The molecule has 0 atom stereocenters. The zero-order valence-electron chi connectivity index (χ0n) is 17.1. The van der Waals surface area contributed by atoms with Crippen LogP contribution in [0.15, 0.2) is 58.5 Å². The average molecular weight is 436 g/mol. The number of fused-ring (bicyclic) bond motifs is 1. The van der Waals surface area contributed by atoms with Gasteiger partial charge in [0, 0.05) is 41.4 Å². The van der Waals surface area contributed by atoms with Gasteiger partial charge in [0.15, 0.2) is 5.13 Å². The highest BCUT2D eigenvalue weighted by atomic mass is 32.1. The van der Waals surface area contributed by atoms with E-state index in [0.29, 0.717) is 23.0 Å². The quantitative estimate of drug-likeness (QED) is 0.449. The number of benzene rings is 2. The van der Waals surface area contributed by atoms with Crippen molar-refractivity contribution in [1.82, 2.24) is 10.3 Å². The lowest BCUT2D eigenvalue weighted by molar-refractivity contribution is -0.119. The summed E-state index contributed by atoms with van der Waals surface area (Å²) >= 11 is 1.37. The van der Waals surface area contributed by atoms with E-state index >= 15 is 0 Å². The second-order valence-electron chi connectivity index (χ2n) is 6.99. The van der Waals surface area contributed by atoms with Crippen molar-refractivity contribution >= 4 is 39.3 Å². The van der Waals surface area contributed by atoms with Crippen molar-refractivity contribution in [3.05, 3.63) is 65.2 Å². The summed E-state index contributed by atoms with van der Waals surface area (Å²) < 4.78 is 10.7. The maximum absolute atomic E-state index is 12.5. The summed E-state index contributed by atoms with van der Waals surface area (Å²) in [6.07, 6.45) is 1.78. The van der Waals surface area contributed by atoms with Crippen LogP contribution in [-0.2, 0) is 22.6 Å². The molecule has 0 spiro atoms. The molecule has 0 fully saturated rings. The predicted molar refractivity (Wildman–Crippen MR) is 120 cm³/mol. The number of rotatable bonds is 7. The Bertz CT molecular complexity index is 1230. The summed E-state index contributed by atoms with van der Waals surface area (Å²) in [5, 5.41) is 8.95. The van der Waals surface area contributed by atoms with Gasteiger partial charge in [0.25, 0.3) is 0 Å². The van der Waals surface area contributed by atoms with Crippen molar-refractivity contribution in [3.63, 3.8) is 0 Å². The zero-order chi connectivity index (χ0) is 21.8. The Hall–Kier alpha value is -3.65. The highest BCUT2D eigenvalue weighted by Gasteiger charge is 2.13. The molecule has 8 heteroatoms. The van der Waals surface area contributed by atoms with Crippen molar-refractivity contribution in [2.45, 2.75) is 19.9 Å². The van der Waals surface area contributed by atoms with Crippen LogP contribution in [0, 0.1) is 0 Å². The van der Waals surface area contributed by atoms with E-state index in [4.69, 9.17) is 9.15 Å². The van der Waals surface area contributed by atoms with Crippen LogP contribution in [0.4, 0.5) is 5.13 Å². The first-order valence-electron chi connectivity index (χ1n) is 9.65. The van der Waals surface area contributed by atoms with Gasteiger partial charge in [-0.3, -0.25) is 9.59 Å². The van der Waals surface area contributed by atoms with E-state index in [1.165, 1.54) is 18.3 Å². The topological polar surface area (TPSA) is 93.5 Å². The van der Waals surface area contributed by atoms with Crippen molar-refractivity contribution in [1.29, 1.82) is 0 Å². The fourth-order valence-electron chi connectivity index (χ4n) is 3.15. The first-order valence-corrected chi connectivity index (χ1v) is 10.5. The molecule has 0 aliphatic carbocycles. The first kappa shape index (κ1) is 20.6. The van der Waals surface area contributed by atoms with Crippen LogP contribution < -0.4 is 15.4 Å². The van der Waals surface area contributed by atoms with E-state index in [2.05, 4.69) is 15.6 Å². The molecule has 2 aromatic carbocycles. The maximum atomic E-state index is 12.5. The molecule has 2 N–H and O–H groups in total. The van der Waals surface area contributed by atoms with E-state index in [0.717, 1.165) is 27.8 Å². The smallest absolute Gasteiger partial charge is 0.230 e. The van der Waals surface area contributed by atoms with Gasteiger partial charge in [-0.2, -0.15) is 0 Å². The number of amides is 2. The molecule has 158 valence electrons. The number of hydrogen-bond donors (Lipinski definition) is 2. The molecule has 2 amide bonds. The van der Waals surface area contributed by atoms with Gasteiger partial charge in [0.1, 0.15) is 11.3 Å². The standard InChI is InChI=1S/C23H21N3O4S/c1-14(27)24-11-15-3-5-16(6-4-15)20-13-31-23(25-20)26-22(28)9-17-12-30-21-10-18(29-2)7-8-19(17)21/h3-8,10,12-13H,9,11H2,1-2H3,(H,24,27)(H,25,26,28). The summed E-state index contributed by atoms with van der Waals surface area (Å²) in [6.45, 7) is 1.98. The third kappa shape index (κ3) is 4.92. The van der Waals surface area contributed by atoms with Crippen LogP contribution in [0.25, 0.3) is 22.2 Å². The molecule has 7 nitrogen and oxygen atoms in total. The molecule has 2 aromatic heterocycles. The average Bonchev–Trinajstić information content (AvgIpc) is 3.39. The van der Waals surface area contributed by atoms with Gasteiger partial charge in [0.2, 0.25) is 11.8 Å². The summed E-state index contributed by atoms with van der Waals surface area (Å²) in [5.74, 6) is 0.480. The SMILES string of the molecule is COc1ccc2c(CC(=O)Nc3nc(-c4ccc(CNC(C)=O)cc4)cs3)coc2c1. The van der Waals surface area contributed by atoms with Crippen molar-refractivity contribution in [2.24, 2.45) is 0 Å². The molecular formula is C23H21N3O4S. The normalized spacial score (nSPS) is 10.8. The van der Waals surface area contributed by atoms with Gasteiger partial charge in [-0.05, 0) is 17.7 Å². The molecule has 0 aliphatic rings. The highest BCUT2D eigenvalue weighted by Crippen LogP contribution is 2.27. The molecule has 0 aliphatic heterocycles. The van der Waals surface area contributed by atoms with Gasteiger partial charge < -0.3 is 19.8 Å². The van der Waals surface area contributed by atoms with Gasteiger partial charge >= 0.3 is 0 Å². The molecule has 0 bridgehead atoms. The highest BCUT2D eigenvalue weighted by molar-refractivity contribution is 7.14. The summed E-state index contributed by atoms with van der Waals surface area (Å²) in [4.78, 5) is 28.1. The number of carbonyl (C=O) groups excluding carboxylic acids is 2. The van der Waals surface area contributed by atoms with E-state index in [1.54, 1.807) is 19.4 Å². The first-order chi connectivity index (χ1) is 15.0. The molecule has 0 radical (unpaired) electrons. The Labute approximate surface area is 183 Å². The molecule has 0 unspecified atom stereocenters. The van der Waals surface area contributed by atoms with E-state index in [9.17, 15) is 9.59 Å². The Morgan fingerprint density at radius 1 is 1.16 bits per heavy atom. The molecule has 31 heavy (non-hydrogen) atoms. The third-order valence-corrected chi connectivity index (χ3v) is 5.51. The van der Waals surface area contributed by atoms with Crippen LogP contribution in [0.2, 0.25) is 0 Å². The Kier molecular flexibility index (Phi) is 5.99. The molecular weight excluding hydrogens is 414 g/mol. The lowest BCUT2D eigenvalue weighted by Crippen LogP contribution is -2.18. The van der Waals surface area contributed by atoms with Crippen LogP contribution in [0.5, 0.6) is 5.75 Å². The number of furan rings is 1. The third-order valence-electron chi connectivity index (χ3n) is 4.76.